The zero-order valence-electron chi connectivity index (χ0n) is 10.5. The summed E-state index contributed by atoms with van der Waals surface area (Å²) in [6, 6.07) is 1.87. The van der Waals surface area contributed by atoms with Gasteiger partial charge in [-0.15, -0.1) is 11.3 Å². The van der Waals surface area contributed by atoms with Crippen LogP contribution in [0.1, 0.15) is 45.4 Å². The van der Waals surface area contributed by atoms with Crippen molar-refractivity contribution in [3.05, 3.63) is 21.3 Å². The number of aliphatic hydroxyl groups is 1. The lowest BCUT2D eigenvalue weighted by Crippen LogP contribution is -2.28. The van der Waals surface area contributed by atoms with E-state index in [1.54, 1.807) is 11.3 Å². The molecule has 16 heavy (non-hydrogen) atoms. The zero-order chi connectivity index (χ0) is 12.3. The van der Waals surface area contributed by atoms with Crippen LogP contribution in [0, 0.1) is 11.8 Å². The SMILES string of the molecule is CC(C)CC(O)(CC(C)C)c1sccc1Cl. The highest BCUT2D eigenvalue weighted by atomic mass is 35.5. The van der Waals surface area contributed by atoms with Crippen LogP contribution >= 0.6 is 22.9 Å². The fourth-order valence-corrected chi connectivity index (χ4v) is 3.60. The van der Waals surface area contributed by atoms with E-state index in [2.05, 4.69) is 27.7 Å². The van der Waals surface area contributed by atoms with Crippen LogP contribution in [0.4, 0.5) is 0 Å². The Morgan fingerprint density at radius 2 is 1.75 bits per heavy atom. The van der Waals surface area contributed by atoms with Crippen LogP contribution in [0.5, 0.6) is 0 Å². The molecule has 0 saturated heterocycles. The maximum absolute atomic E-state index is 10.8. The lowest BCUT2D eigenvalue weighted by Gasteiger charge is -2.31. The Balaban J connectivity index is 2.99. The molecule has 0 aliphatic rings. The first-order valence-electron chi connectivity index (χ1n) is 5.81. The van der Waals surface area contributed by atoms with Crippen molar-refractivity contribution in [3.63, 3.8) is 0 Å². The largest absolute Gasteiger partial charge is 0.384 e. The first kappa shape index (κ1) is 14.0. The fraction of sp³-hybridized carbons (Fsp3) is 0.692. The smallest absolute Gasteiger partial charge is 0.101 e. The molecule has 0 aliphatic carbocycles. The van der Waals surface area contributed by atoms with Crippen LogP contribution < -0.4 is 0 Å². The Hall–Kier alpha value is -0.0500. The highest BCUT2D eigenvalue weighted by molar-refractivity contribution is 7.10. The van der Waals surface area contributed by atoms with Crippen molar-refractivity contribution in [1.29, 1.82) is 0 Å². The average molecular weight is 261 g/mol. The fourth-order valence-electron chi connectivity index (χ4n) is 2.25. The summed E-state index contributed by atoms with van der Waals surface area (Å²) >= 11 is 7.70. The Kier molecular flexibility index (Phi) is 4.84. The van der Waals surface area contributed by atoms with Crippen LogP contribution in [0.3, 0.4) is 0 Å². The van der Waals surface area contributed by atoms with Gasteiger partial charge in [-0.1, -0.05) is 39.3 Å². The number of hydrogen-bond donors (Lipinski definition) is 1. The number of rotatable bonds is 5. The monoisotopic (exact) mass is 260 g/mol. The summed E-state index contributed by atoms with van der Waals surface area (Å²) in [6.45, 7) is 8.53. The van der Waals surface area contributed by atoms with Gasteiger partial charge in [0.1, 0.15) is 5.60 Å². The van der Waals surface area contributed by atoms with Gasteiger partial charge in [-0.05, 0) is 36.1 Å². The van der Waals surface area contributed by atoms with Crippen molar-refractivity contribution in [2.75, 3.05) is 0 Å². The molecule has 0 unspecified atom stereocenters. The molecule has 0 saturated carbocycles. The first-order chi connectivity index (χ1) is 7.35. The molecule has 0 amide bonds. The number of thiophene rings is 1. The topological polar surface area (TPSA) is 20.2 Å². The van der Waals surface area contributed by atoms with Gasteiger partial charge in [0.05, 0.1) is 9.90 Å². The van der Waals surface area contributed by atoms with E-state index in [9.17, 15) is 5.11 Å². The van der Waals surface area contributed by atoms with E-state index in [0.717, 1.165) is 17.7 Å². The molecule has 0 aliphatic heterocycles. The maximum atomic E-state index is 10.8. The lowest BCUT2D eigenvalue weighted by atomic mass is 9.84. The van der Waals surface area contributed by atoms with Crippen LogP contribution in [0.25, 0.3) is 0 Å². The minimum absolute atomic E-state index is 0.460. The van der Waals surface area contributed by atoms with E-state index in [1.807, 2.05) is 11.4 Å². The third-order valence-electron chi connectivity index (χ3n) is 2.53. The van der Waals surface area contributed by atoms with Gasteiger partial charge in [-0.25, -0.2) is 0 Å². The molecule has 0 aromatic carbocycles. The van der Waals surface area contributed by atoms with Gasteiger partial charge in [-0.3, -0.25) is 0 Å². The predicted molar refractivity (Wildman–Crippen MR) is 72.1 cm³/mol. The molecule has 92 valence electrons. The van der Waals surface area contributed by atoms with Gasteiger partial charge in [0.25, 0.3) is 0 Å². The van der Waals surface area contributed by atoms with E-state index < -0.39 is 5.60 Å². The second-order valence-corrected chi connectivity index (χ2v) is 6.65. The summed E-state index contributed by atoms with van der Waals surface area (Å²) in [5.74, 6) is 0.920. The van der Waals surface area contributed by atoms with Gasteiger partial charge in [0.2, 0.25) is 0 Å². The Bertz CT molecular complexity index is 320. The van der Waals surface area contributed by atoms with E-state index in [-0.39, 0.29) is 0 Å². The summed E-state index contributed by atoms with van der Waals surface area (Å²) in [6.07, 6.45) is 1.54. The van der Waals surface area contributed by atoms with E-state index in [1.165, 1.54) is 0 Å². The molecular weight excluding hydrogens is 240 g/mol. The van der Waals surface area contributed by atoms with Gasteiger partial charge in [-0.2, -0.15) is 0 Å². The molecule has 0 bridgehead atoms. The van der Waals surface area contributed by atoms with Crippen molar-refractivity contribution >= 4 is 22.9 Å². The summed E-state index contributed by atoms with van der Waals surface area (Å²) in [7, 11) is 0. The van der Waals surface area contributed by atoms with E-state index in [4.69, 9.17) is 11.6 Å². The molecule has 1 N–H and O–H groups in total. The average Bonchev–Trinajstić information content (AvgIpc) is 2.48. The number of halogens is 1. The van der Waals surface area contributed by atoms with Crippen molar-refractivity contribution < 1.29 is 5.11 Å². The molecule has 0 atom stereocenters. The Labute approximate surface area is 107 Å². The summed E-state index contributed by atoms with van der Waals surface area (Å²) < 4.78 is 0. The third-order valence-corrected chi connectivity index (χ3v) is 4.07. The molecule has 1 heterocycles. The minimum atomic E-state index is -0.756. The molecule has 1 nitrogen and oxygen atoms in total. The van der Waals surface area contributed by atoms with Crippen molar-refractivity contribution in [1.82, 2.24) is 0 Å². The molecule has 1 aromatic rings. The lowest BCUT2D eigenvalue weighted by molar-refractivity contribution is -0.000977. The summed E-state index contributed by atoms with van der Waals surface area (Å²) in [4.78, 5) is 0.927. The minimum Gasteiger partial charge on any atom is -0.384 e. The van der Waals surface area contributed by atoms with Gasteiger partial charge in [0.15, 0.2) is 0 Å². The normalized spacial score (nSPS) is 12.8. The number of hydrogen-bond acceptors (Lipinski definition) is 2. The third kappa shape index (κ3) is 3.47. The molecule has 0 radical (unpaired) electrons. The second-order valence-electron chi connectivity index (χ2n) is 5.33. The Morgan fingerprint density at radius 3 is 2.06 bits per heavy atom. The molecule has 1 aromatic heterocycles. The standard InChI is InChI=1S/C13H21ClOS/c1-9(2)7-13(15,8-10(3)4)12-11(14)5-6-16-12/h5-6,9-10,15H,7-8H2,1-4H3. The molecule has 1 rings (SSSR count). The van der Waals surface area contributed by atoms with Gasteiger partial charge in [0, 0.05) is 0 Å². The van der Waals surface area contributed by atoms with E-state index in [0.29, 0.717) is 16.9 Å². The zero-order valence-corrected chi connectivity index (χ0v) is 12.0. The van der Waals surface area contributed by atoms with Crippen molar-refractivity contribution in [2.24, 2.45) is 11.8 Å². The van der Waals surface area contributed by atoms with Crippen LogP contribution in [-0.4, -0.2) is 5.11 Å². The van der Waals surface area contributed by atoms with Crippen molar-refractivity contribution in [2.45, 2.75) is 46.1 Å². The molecule has 0 fully saturated rings. The van der Waals surface area contributed by atoms with Crippen LogP contribution in [0.2, 0.25) is 5.02 Å². The van der Waals surface area contributed by atoms with Crippen LogP contribution in [0.15, 0.2) is 11.4 Å². The molecular formula is C13H21ClOS. The van der Waals surface area contributed by atoms with Gasteiger partial charge < -0.3 is 5.11 Å². The molecule has 3 heteroatoms. The second kappa shape index (κ2) is 5.52. The maximum Gasteiger partial charge on any atom is 0.101 e. The van der Waals surface area contributed by atoms with Crippen molar-refractivity contribution in [3.8, 4) is 0 Å². The summed E-state index contributed by atoms with van der Waals surface area (Å²) in [5, 5.41) is 13.5. The predicted octanol–water partition coefficient (Wildman–Crippen LogP) is 4.68. The first-order valence-corrected chi connectivity index (χ1v) is 7.07. The van der Waals surface area contributed by atoms with Crippen LogP contribution in [-0.2, 0) is 5.60 Å². The Morgan fingerprint density at radius 1 is 1.25 bits per heavy atom. The highest BCUT2D eigenvalue weighted by Crippen LogP contribution is 2.41. The summed E-state index contributed by atoms with van der Waals surface area (Å²) in [5.41, 5.74) is -0.756. The molecule has 0 spiro atoms. The quantitative estimate of drug-likeness (QED) is 0.815. The van der Waals surface area contributed by atoms with Gasteiger partial charge >= 0.3 is 0 Å². The highest BCUT2D eigenvalue weighted by Gasteiger charge is 2.34. The van der Waals surface area contributed by atoms with E-state index >= 15 is 0 Å².